The Hall–Kier alpha value is -2.15. The molecule has 1 aliphatic carbocycles. The predicted octanol–water partition coefficient (Wildman–Crippen LogP) is 5.94. The maximum Gasteiger partial charge on any atom is 0.0715 e. The lowest BCUT2D eigenvalue weighted by Gasteiger charge is -2.14. The standard InChI is InChI=1S/C22H23N/c1-16-8-2-5-11-19(16)22-15-18(14-17-9-3-4-10-17)20-12-6-7-13-21(20)23-22/h2,5-8,11-13,15,17H,3-4,9-10,14H2,1H3. The molecular weight excluding hydrogens is 278 g/mol. The Kier molecular flexibility index (Phi) is 3.87. The molecule has 3 aromatic rings. The largest absolute Gasteiger partial charge is 0.248 e. The number of para-hydroxylation sites is 1. The predicted molar refractivity (Wildman–Crippen MR) is 97.6 cm³/mol. The number of benzene rings is 2. The van der Waals surface area contributed by atoms with Crippen LogP contribution in [0.4, 0.5) is 0 Å². The van der Waals surface area contributed by atoms with Crippen LogP contribution in [0.15, 0.2) is 54.6 Å². The Morgan fingerprint density at radius 1 is 0.957 bits per heavy atom. The van der Waals surface area contributed by atoms with Gasteiger partial charge in [-0.15, -0.1) is 0 Å². The molecule has 0 aliphatic heterocycles. The maximum atomic E-state index is 4.94. The number of pyridine rings is 1. The van der Waals surface area contributed by atoms with Gasteiger partial charge in [0.15, 0.2) is 0 Å². The first kappa shape index (κ1) is 14.4. The first-order valence-corrected chi connectivity index (χ1v) is 8.76. The van der Waals surface area contributed by atoms with Crippen LogP contribution in [0.3, 0.4) is 0 Å². The van der Waals surface area contributed by atoms with Crippen LogP contribution in [0, 0.1) is 12.8 Å². The Morgan fingerprint density at radius 3 is 2.52 bits per heavy atom. The van der Waals surface area contributed by atoms with Gasteiger partial charge >= 0.3 is 0 Å². The van der Waals surface area contributed by atoms with Crippen LogP contribution in [0.1, 0.15) is 36.8 Å². The summed E-state index contributed by atoms with van der Waals surface area (Å²) in [6.07, 6.45) is 6.77. The Labute approximate surface area is 138 Å². The monoisotopic (exact) mass is 301 g/mol. The summed E-state index contributed by atoms with van der Waals surface area (Å²) in [4.78, 5) is 4.94. The molecule has 2 aromatic carbocycles. The Balaban J connectivity index is 1.84. The molecule has 23 heavy (non-hydrogen) atoms. The van der Waals surface area contributed by atoms with Gasteiger partial charge in [-0.05, 0) is 42.5 Å². The topological polar surface area (TPSA) is 12.9 Å². The zero-order chi connectivity index (χ0) is 15.6. The molecule has 1 saturated carbocycles. The minimum atomic E-state index is 0.852. The number of rotatable bonds is 3. The number of nitrogens with zero attached hydrogens (tertiary/aromatic N) is 1. The van der Waals surface area contributed by atoms with E-state index in [2.05, 4.69) is 61.5 Å². The van der Waals surface area contributed by atoms with E-state index in [9.17, 15) is 0 Å². The minimum absolute atomic E-state index is 0.852. The van der Waals surface area contributed by atoms with Crippen LogP contribution in [-0.2, 0) is 6.42 Å². The van der Waals surface area contributed by atoms with E-state index in [1.54, 1.807) is 0 Å². The van der Waals surface area contributed by atoms with Gasteiger partial charge in [0.05, 0.1) is 11.2 Å². The third-order valence-electron chi connectivity index (χ3n) is 5.21. The lowest BCUT2D eigenvalue weighted by molar-refractivity contribution is 0.548. The van der Waals surface area contributed by atoms with Gasteiger partial charge in [-0.3, -0.25) is 0 Å². The first-order valence-electron chi connectivity index (χ1n) is 8.76. The smallest absolute Gasteiger partial charge is 0.0715 e. The summed E-state index contributed by atoms with van der Waals surface area (Å²) in [5.74, 6) is 0.852. The van der Waals surface area contributed by atoms with E-state index in [-0.39, 0.29) is 0 Å². The average Bonchev–Trinajstić information content (AvgIpc) is 3.08. The molecule has 1 heteroatoms. The highest BCUT2D eigenvalue weighted by atomic mass is 14.7. The van der Waals surface area contributed by atoms with Crippen molar-refractivity contribution in [3.8, 4) is 11.3 Å². The van der Waals surface area contributed by atoms with Crippen molar-refractivity contribution in [3.05, 3.63) is 65.7 Å². The summed E-state index contributed by atoms with van der Waals surface area (Å²) in [7, 11) is 0. The number of aromatic nitrogens is 1. The number of fused-ring (bicyclic) bond motifs is 1. The molecule has 0 spiro atoms. The Bertz CT molecular complexity index is 828. The van der Waals surface area contributed by atoms with E-state index in [4.69, 9.17) is 4.98 Å². The molecule has 0 atom stereocenters. The van der Waals surface area contributed by atoms with Crippen LogP contribution in [-0.4, -0.2) is 4.98 Å². The molecule has 0 unspecified atom stereocenters. The van der Waals surface area contributed by atoms with Crippen molar-refractivity contribution in [3.63, 3.8) is 0 Å². The number of hydrogen-bond donors (Lipinski definition) is 0. The molecule has 116 valence electrons. The molecule has 1 heterocycles. The molecule has 1 nitrogen and oxygen atoms in total. The fourth-order valence-corrected chi connectivity index (χ4v) is 3.94. The molecule has 0 amide bonds. The molecule has 1 aliphatic rings. The molecule has 1 aromatic heterocycles. The second-order valence-corrected chi connectivity index (χ2v) is 6.85. The van der Waals surface area contributed by atoms with E-state index < -0.39 is 0 Å². The van der Waals surface area contributed by atoms with Crippen LogP contribution < -0.4 is 0 Å². The zero-order valence-corrected chi connectivity index (χ0v) is 13.8. The van der Waals surface area contributed by atoms with Gasteiger partial charge in [0.1, 0.15) is 0 Å². The van der Waals surface area contributed by atoms with Crippen LogP contribution >= 0.6 is 0 Å². The highest BCUT2D eigenvalue weighted by Crippen LogP contribution is 2.32. The number of aryl methyl sites for hydroxylation is 1. The molecule has 0 saturated heterocycles. The molecule has 0 N–H and O–H groups in total. The maximum absolute atomic E-state index is 4.94. The van der Waals surface area contributed by atoms with Crippen molar-refractivity contribution < 1.29 is 0 Å². The second kappa shape index (κ2) is 6.16. The van der Waals surface area contributed by atoms with Crippen molar-refractivity contribution in [1.82, 2.24) is 4.98 Å². The van der Waals surface area contributed by atoms with E-state index in [1.165, 1.54) is 54.2 Å². The highest BCUT2D eigenvalue weighted by molar-refractivity contribution is 5.85. The van der Waals surface area contributed by atoms with Crippen molar-refractivity contribution in [2.75, 3.05) is 0 Å². The summed E-state index contributed by atoms with van der Waals surface area (Å²) in [6, 6.07) is 19.5. The van der Waals surface area contributed by atoms with E-state index in [0.717, 1.165) is 17.1 Å². The van der Waals surface area contributed by atoms with E-state index in [0.29, 0.717) is 0 Å². The molecular formula is C22H23N. The summed E-state index contributed by atoms with van der Waals surface area (Å²) in [5.41, 5.74) is 6.27. The summed E-state index contributed by atoms with van der Waals surface area (Å²) >= 11 is 0. The van der Waals surface area contributed by atoms with Gasteiger partial charge in [-0.2, -0.15) is 0 Å². The average molecular weight is 301 g/mol. The van der Waals surface area contributed by atoms with Crippen molar-refractivity contribution >= 4 is 10.9 Å². The third kappa shape index (κ3) is 2.88. The third-order valence-corrected chi connectivity index (χ3v) is 5.21. The van der Waals surface area contributed by atoms with Gasteiger partial charge in [-0.1, -0.05) is 68.1 Å². The van der Waals surface area contributed by atoms with E-state index >= 15 is 0 Å². The highest BCUT2D eigenvalue weighted by Gasteiger charge is 2.17. The van der Waals surface area contributed by atoms with Crippen LogP contribution in [0.25, 0.3) is 22.2 Å². The summed E-state index contributed by atoms with van der Waals surface area (Å²) in [6.45, 7) is 2.17. The lowest BCUT2D eigenvalue weighted by Crippen LogP contribution is -2.01. The van der Waals surface area contributed by atoms with Gasteiger partial charge < -0.3 is 0 Å². The van der Waals surface area contributed by atoms with Gasteiger partial charge in [0, 0.05) is 10.9 Å². The lowest BCUT2D eigenvalue weighted by atomic mass is 9.93. The van der Waals surface area contributed by atoms with Gasteiger partial charge in [-0.25, -0.2) is 4.98 Å². The Morgan fingerprint density at radius 2 is 1.70 bits per heavy atom. The van der Waals surface area contributed by atoms with E-state index in [1.807, 2.05) is 0 Å². The normalized spacial score (nSPS) is 15.3. The quantitative estimate of drug-likeness (QED) is 0.583. The fraction of sp³-hybridized carbons (Fsp3) is 0.318. The SMILES string of the molecule is Cc1ccccc1-c1cc(CC2CCCC2)c2ccccc2n1. The molecule has 0 bridgehead atoms. The number of hydrogen-bond acceptors (Lipinski definition) is 1. The zero-order valence-electron chi connectivity index (χ0n) is 13.8. The summed E-state index contributed by atoms with van der Waals surface area (Å²) in [5, 5.41) is 1.33. The van der Waals surface area contributed by atoms with Gasteiger partial charge in [0.2, 0.25) is 0 Å². The molecule has 1 fully saturated rings. The van der Waals surface area contributed by atoms with Crippen LogP contribution in [0.5, 0.6) is 0 Å². The second-order valence-electron chi connectivity index (χ2n) is 6.85. The van der Waals surface area contributed by atoms with Crippen molar-refractivity contribution in [2.45, 2.75) is 39.0 Å². The fourth-order valence-electron chi connectivity index (χ4n) is 3.94. The van der Waals surface area contributed by atoms with Crippen molar-refractivity contribution in [1.29, 1.82) is 0 Å². The molecule has 0 radical (unpaired) electrons. The van der Waals surface area contributed by atoms with Crippen molar-refractivity contribution in [2.24, 2.45) is 5.92 Å². The van der Waals surface area contributed by atoms with Crippen LogP contribution in [0.2, 0.25) is 0 Å². The molecule has 4 rings (SSSR count). The van der Waals surface area contributed by atoms with Gasteiger partial charge in [0.25, 0.3) is 0 Å². The summed E-state index contributed by atoms with van der Waals surface area (Å²) < 4.78 is 0. The minimum Gasteiger partial charge on any atom is -0.248 e. The first-order chi connectivity index (χ1) is 11.3.